The van der Waals surface area contributed by atoms with Crippen molar-refractivity contribution in [3.63, 3.8) is 0 Å². The number of carbonyl (C=O) groups is 1. The van der Waals surface area contributed by atoms with E-state index >= 15 is 0 Å². The van der Waals surface area contributed by atoms with E-state index in [2.05, 4.69) is 9.97 Å². The summed E-state index contributed by atoms with van der Waals surface area (Å²) in [6.07, 6.45) is 1.84. The van der Waals surface area contributed by atoms with E-state index in [1.807, 2.05) is 37.3 Å². The molecule has 9 heteroatoms. The van der Waals surface area contributed by atoms with Crippen molar-refractivity contribution in [1.82, 2.24) is 14.9 Å². The lowest BCUT2D eigenvalue weighted by Crippen LogP contribution is -2.41. The topological polar surface area (TPSA) is 80.2 Å². The zero-order valence-corrected chi connectivity index (χ0v) is 17.2. The SMILES string of the molecule is CCSc1ncc(Cl)c(C(=O)N(Cc2ccccc2)[C@@H]2CCS(=O)(=O)C2)n1. The van der Waals surface area contributed by atoms with Gasteiger partial charge in [-0.15, -0.1) is 0 Å². The number of benzene rings is 1. The van der Waals surface area contributed by atoms with E-state index < -0.39 is 15.9 Å². The van der Waals surface area contributed by atoms with Crippen LogP contribution in [0.1, 0.15) is 29.4 Å². The predicted octanol–water partition coefficient (Wildman–Crippen LogP) is 3.07. The fourth-order valence-electron chi connectivity index (χ4n) is 3.00. The van der Waals surface area contributed by atoms with Crippen molar-refractivity contribution in [1.29, 1.82) is 0 Å². The van der Waals surface area contributed by atoms with Crippen molar-refractivity contribution in [2.75, 3.05) is 17.3 Å². The molecule has 1 aromatic carbocycles. The third-order valence-corrected chi connectivity index (χ3v) is 7.07. The molecule has 2 heterocycles. The molecule has 0 aliphatic carbocycles. The first-order chi connectivity index (χ1) is 12.9. The lowest BCUT2D eigenvalue weighted by Gasteiger charge is -2.28. The molecule has 0 bridgehead atoms. The largest absolute Gasteiger partial charge is 0.329 e. The Morgan fingerprint density at radius 3 is 2.70 bits per heavy atom. The molecule has 2 aromatic rings. The number of thioether (sulfide) groups is 1. The smallest absolute Gasteiger partial charge is 0.274 e. The van der Waals surface area contributed by atoms with Crippen LogP contribution < -0.4 is 0 Å². The molecule has 0 N–H and O–H groups in total. The predicted molar refractivity (Wildman–Crippen MR) is 107 cm³/mol. The van der Waals surface area contributed by atoms with E-state index in [4.69, 9.17) is 11.6 Å². The van der Waals surface area contributed by atoms with Crippen LogP contribution in [0.3, 0.4) is 0 Å². The highest BCUT2D eigenvalue weighted by atomic mass is 35.5. The van der Waals surface area contributed by atoms with Crippen molar-refractivity contribution < 1.29 is 13.2 Å². The van der Waals surface area contributed by atoms with Crippen LogP contribution in [0.2, 0.25) is 5.02 Å². The molecule has 1 amide bonds. The Balaban J connectivity index is 1.94. The Labute approximate surface area is 168 Å². The standard InChI is InChI=1S/C18H20ClN3O3S2/c1-2-26-18-20-10-15(19)16(21-18)17(23)22(11-13-6-4-3-5-7-13)14-8-9-27(24,25)12-14/h3-7,10,14H,2,8-9,11-12H2,1H3/t14-/m1/s1. The summed E-state index contributed by atoms with van der Waals surface area (Å²) in [4.78, 5) is 23.3. The molecular formula is C18H20ClN3O3S2. The van der Waals surface area contributed by atoms with Crippen molar-refractivity contribution in [2.45, 2.75) is 31.1 Å². The van der Waals surface area contributed by atoms with Crippen molar-refractivity contribution in [3.05, 3.63) is 52.8 Å². The van der Waals surface area contributed by atoms with E-state index in [0.29, 0.717) is 18.1 Å². The quantitative estimate of drug-likeness (QED) is 0.522. The average molecular weight is 426 g/mol. The molecular weight excluding hydrogens is 406 g/mol. The number of hydrogen-bond donors (Lipinski definition) is 0. The molecule has 0 saturated carbocycles. The van der Waals surface area contributed by atoms with Gasteiger partial charge in [-0.05, 0) is 17.7 Å². The van der Waals surface area contributed by atoms with Gasteiger partial charge in [-0.25, -0.2) is 18.4 Å². The summed E-state index contributed by atoms with van der Waals surface area (Å²) in [7, 11) is -3.14. The maximum atomic E-state index is 13.3. The van der Waals surface area contributed by atoms with Gasteiger partial charge in [0.25, 0.3) is 5.91 Å². The Kier molecular flexibility index (Phi) is 6.39. The minimum atomic E-state index is -3.14. The number of sulfone groups is 1. The summed E-state index contributed by atoms with van der Waals surface area (Å²) in [5, 5.41) is 0.642. The number of halogens is 1. The van der Waals surface area contributed by atoms with Crippen LogP contribution in [0.4, 0.5) is 0 Å². The number of hydrogen-bond acceptors (Lipinski definition) is 6. The summed E-state index contributed by atoms with van der Waals surface area (Å²) in [6.45, 7) is 2.27. The van der Waals surface area contributed by atoms with Gasteiger partial charge < -0.3 is 4.90 Å². The highest BCUT2D eigenvalue weighted by Gasteiger charge is 2.36. The molecule has 1 aliphatic heterocycles. The van der Waals surface area contributed by atoms with Crippen LogP contribution in [0, 0.1) is 0 Å². The number of aromatic nitrogens is 2. The summed E-state index contributed by atoms with van der Waals surface area (Å²) in [6, 6.07) is 9.09. The third kappa shape index (κ3) is 5.00. The fraction of sp³-hybridized carbons (Fsp3) is 0.389. The minimum Gasteiger partial charge on any atom is -0.329 e. The summed E-state index contributed by atoms with van der Waals surface area (Å²) in [5.74, 6) is 0.450. The van der Waals surface area contributed by atoms with Crippen LogP contribution in [0.15, 0.2) is 41.7 Å². The third-order valence-electron chi connectivity index (χ3n) is 4.30. The normalized spacial score (nSPS) is 18.4. The van der Waals surface area contributed by atoms with E-state index in [-0.39, 0.29) is 28.1 Å². The maximum Gasteiger partial charge on any atom is 0.274 e. The van der Waals surface area contributed by atoms with E-state index in [9.17, 15) is 13.2 Å². The summed E-state index contributed by atoms with van der Waals surface area (Å²) >= 11 is 7.62. The van der Waals surface area contributed by atoms with E-state index in [0.717, 1.165) is 11.3 Å². The second kappa shape index (κ2) is 8.58. The Hall–Kier alpha value is -1.64. The van der Waals surface area contributed by atoms with Gasteiger partial charge in [0.15, 0.2) is 20.7 Å². The van der Waals surface area contributed by atoms with E-state index in [1.54, 1.807) is 4.90 Å². The Morgan fingerprint density at radius 2 is 2.07 bits per heavy atom. The molecule has 1 atom stereocenters. The van der Waals surface area contributed by atoms with Gasteiger partial charge in [0.1, 0.15) is 0 Å². The van der Waals surface area contributed by atoms with Gasteiger partial charge in [-0.3, -0.25) is 4.79 Å². The molecule has 3 rings (SSSR count). The molecule has 1 aromatic heterocycles. The van der Waals surface area contributed by atoms with Crippen molar-refractivity contribution in [2.24, 2.45) is 0 Å². The lowest BCUT2D eigenvalue weighted by atomic mass is 10.1. The van der Waals surface area contributed by atoms with Gasteiger partial charge in [0.2, 0.25) is 0 Å². The molecule has 144 valence electrons. The second-order valence-electron chi connectivity index (χ2n) is 6.26. The number of nitrogens with zero attached hydrogens (tertiary/aromatic N) is 3. The Morgan fingerprint density at radius 1 is 1.33 bits per heavy atom. The first-order valence-corrected chi connectivity index (χ1v) is 11.8. The molecule has 0 spiro atoms. The fourth-order valence-corrected chi connectivity index (χ4v) is 5.45. The second-order valence-corrected chi connectivity index (χ2v) is 10.1. The zero-order chi connectivity index (χ0) is 19.4. The molecule has 27 heavy (non-hydrogen) atoms. The highest BCUT2D eigenvalue weighted by molar-refractivity contribution is 7.99. The molecule has 6 nitrogen and oxygen atoms in total. The molecule has 0 unspecified atom stereocenters. The monoisotopic (exact) mass is 425 g/mol. The first kappa shape index (κ1) is 20.1. The molecule has 1 fully saturated rings. The molecule has 1 saturated heterocycles. The number of rotatable bonds is 6. The molecule has 0 radical (unpaired) electrons. The molecule has 1 aliphatic rings. The van der Waals surface area contributed by atoms with Gasteiger partial charge in [0, 0.05) is 12.6 Å². The van der Waals surface area contributed by atoms with E-state index in [1.165, 1.54) is 18.0 Å². The Bertz CT molecular complexity index is 923. The number of carbonyl (C=O) groups excluding carboxylic acids is 1. The van der Waals surface area contributed by atoms with Crippen LogP contribution >= 0.6 is 23.4 Å². The van der Waals surface area contributed by atoms with Crippen molar-refractivity contribution >= 4 is 39.1 Å². The van der Waals surface area contributed by atoms with Gasteiger partial charge in [-0.1, -0.05) is 60.6 Å². The zero-order valence-electron chi connectivity index (χ0n) is 14.8. The van der Waals surface area contributed by atoms with Gasteiger partial charge in [0.05, 0.1) is 22.7 Å². The summed E-state index contributed by atoms with van der Waals surface area (Å²) in [5.41, 5.74) is 1.03. The van der Waals surface area contributed by atoms with Crippen molar-refractivity contribution in [3.8, 4) is 0 Å². The first-order valence-electron chi connectivity index (χ1n) is 8.60. The lowest BCUT2D eigenvalue weighted by molar-refractivity contribution is 0.0674. The van der Waals surface area contributed by atoms with Gasteiger partial charge in [-0.2, -0.15) is 0 Å². The summed E-state index contributed by atoms with van der Waals surface area (Å²) < 4.78 is 23.9. The van der Waals surface area contributed by atoms with Crippen LogP contribution in [0.5, 0.6) is 0 Å². The minimum absolute atomic E-state index is 0.0369. The highest BCUT2D eigenvalue weighted by Crippen LogP contribution is 2.25. The maximum absolute atomic E-state index is 13.3. The number of amides is 1. The van der Waals surface area contributed by atoms with Crippen LogP contribution in [-0.4, -0.2) is 52.5 Å². The van der Waals surface area contributed by atoms with Crippen LogP contribution in [0.25, 0.3) is 0 Å². The van der Waals surface area contributed by atoms with Gasteiger partial charge >= 0.3 is 0 Å². The average Bonchev–Trinajstić information content (AvgIpc) is 3.01. The van der Waals surface area contributed by atoms with Crippen LogP contribution in [-0.2, 0) is 16.4 Å².